The molecule has 2 atom stereocenters. The summed E-state index contributed by atoms with van der Waals surface area (Å²) in [5.41, 5.74) is 0. The average Bonchev–Trinajstić information content (AvgIpc) is 2.55. The van der Waals surface area contributed by atoms with Gasteiger partial charge in [0.25, 0.3) is 10.1 Å². The van der Waals surface area contributed by atoms with Gasteiger partial charge in [-0.3, -0.25) is 4.55 Å². The largest absolute Gasteiger partial charge is 0.393 e. The summed E-state index contributed by atoms with van der Waals surface area (Å²) in [5.74, 6) is 0. The summed E-state index contributed by atoms with van der Waals surface area (Å²) in [6.45, 7) is 4.34. The Morgan fingerprint density at radius 2 is 1.00 bits per heavy atom. The Labute approximate surface area is 156 Å². The van der Waals surface area contributed by atoms with Crippen molar-refractivity contribution >= 4 is 10.1 Å². The fourth-order valence-corrected chi connectivity index (χ4v) is 4.23. The molecule has 2 unspecified atom stereocenters. The molecule has 0 aromatic rings. The highest BCUT2D eigenvalue weighted by atomic mass is 32.2. The Kier molecular flexibility index (Phi) is 16.0. The van der Waals surface area contributed by atoms with Crippen LogP contribution in [-0.2, 0) is 10.1 Å². The molecule has 0 aromatic carbocycles. The second kappa shape index (κ2) is 16.1. The molecular formula is C20H42O4S. The topological polar surface area (TPSA) is 74.6 Å². The monoisotopic (exact) mass is 378 g/mol. The van der Waals surface area contributed by atoms with E-state index in [1.54, 1.807) is 0 Å². The molecule has 4 nitrogen and oxygen atoms in total. The van der Waals surface area contributed by atoms with E-state index in [1.807, 2.05) is 0 Å². The van der Waals surface area contributed by atoms with E-state index in [1.165, 1.54) is 32.1 Å². The molecule has 2 N–H and O–H groups in total. The molecule has 0 aromatic heterocycles. The van der Waals surface area contributed by atoms with E-state index < -0.39 is 15.4 Å². The zero-order valence-electron chi connectivity index (χ0n) is 16.6. The number of unbranched alkanes of at least 4 members (excludes halogenated alkanes) is 9. The van der Waals surface area contributed by atoms with E-state index in [9.17, 15) is 18.1 Å². The summed E-state index contributed by atoms with van der Waals surface area (Å²) < 4.78 is 32.4. The predicted molar refractivity (Wildman–Crippen MR) is 107 cm³/mol. The van der Waals surface area contributed by atoms with Crippen molar-refractivity contribution < 1.29 is 18.1 Å². The minimum atomic E-state index is -3.93. The van der Waals surface area contributed by atoms with Gasteiger partial charge in [-0.05, 0) is 25.7 Å². The minimum absolute atomic E-state index is 0.215. The lowest BCUT2D eigenvalue weighted by molar-refractivity contribution is 0.147. The molecule has 0 amide bonds. The van der Waals surface area contributed by atoms with Gasteiger partial charge in [-0.1, -0.05) is 90.9 Å². The first-order chi connectivity index (χ1) is 11.9. The summed E-state index contributed by atoms with van der Waals surface area (Å²) in [6, 6.07) is 0. The van der Waals surface area contributed by atoms with Crippen molar-refractivity contribution in [2.24, 2.45) is 0 Å². The molecule has 0 saturated carbocycles. The van der Waals surface area contributed by atoms with Crippen LogP contribution < -0.4 is 0 Å². The SMILES string of the molecule is CCCCCCCC(CCCCCC(O)CCCCCC)S(=O)(=O)O. The van der Waals surface area contributed by atoms with E-state index in [4.69, 9.17) is 0 Å². The number of aliphatic hydroxyl groups excluding tert-OH is 1. The van der Waals surface area contributed by atoms with E-state index in [0.717, 1.165) is 57.8 Å². The first-order valence-electron chi connectivity index (χ1n) is 10.6. The lowest BCUT2D eigenvalue weighted by Gasteiger charge is -2.14. The quantitative estimate of drug-likeness (QED) is 0.230. The van der Waals surface area contributed by atoms with Gasteiger partial charge in [-0.2, -0.15) is 8.42 Å². The Bertz CT molecular complexity index is 381. The van der Waals surface area contributed by atoms with Crippen LogP contribution in [0.4, 0.5) is 0 Å². The molecule has 0 fully saturated rings. The van der Waals surface area contributed by atoms with Gasteiger partial charge in [0.2, 0.25) is 0 Å². The minimum Gasteiger partial charge on any atom is -0.393 e. The van der Waals surface area contributed by atoms with Crippen molar-refractivity contribution in [3.8, 4) is 0 Å². The summed E-state index contributed by atoms with van der Waals surface area (Å²) in [7, 11) is -3.93. The first kappa shape index (κ1) is 24.9. The highest BCUT2D eigenvalue weighted by molar-refractivity contribution is 7.86. The summed E-state index contributed by atoms with van der Waals surface area (Å²) in [6.07, 6.45) is 15.4. The van der Waals surface area contributed by atoms with Gasteiger partial charge in [0, 0.05) is 0 Å². The third-order valence-electron chi connectivity index (χ3n) is 5.01. The Morgan fingerprint density at radius 1 is 0.640 bits per heavy atom. The molecule has 0 heterocycles. The predicted octanol–water partition coefficient (Wildman–Crippen LogP) is 5.89. The smallest absolute Gasteiger partial charge is 0.267 e. The fraction of sp³-hybridized carbons (Fsp3) is 1.00. The molecule has 0 spiro atoms. The number of hydrogen-bond donors (Lipinski definition) is 2. The van der Waals surface area contributed by atoms with Crippen LogP contribution in [0.1, 0.15) is 117 Å². The van der Waals surface area contributed by atoms with Gasteiger partial charge in [-0.25, -0.2) is 0 Å². The Morgan fingerprint density at radius 3 is 1.44 bits per heavy atom. The number of aliphatic hydroxyl groups is 1. The molecule has 5 heteroatoms. The first-order valence-corrected chi connectivity index (χ1v) is 12.1. The maximum atomic E-state index is 11.5. The van der Waals surface area contributed by atoms with Gasteiger partial charge >= 0.3 is 0 Å². The van der Waals surface area contributed by atoms with Crippen molar-refractivity contribution in [2.75, 3.05) is 0 Å². The van der Waals surface area contributed by atoms with Crippen molar-refractivity contribution in [3.63, 3.8) is 0 Å². The van der Waals surface area contributed by atoms with Gasteiger partial charge < -0.3 is 5.11 Å². The second-order valence-electron chi connectivity index (χ2n) is 7.48. The number of rotatable bonds is 18. The van der Waals surface area contributed by atoms with Crippen LogP contribution in [0.3, 0.4) is 0 Å². The summed E-state index contributed by atoms with van der Waals surface area (Å²) >= 11 is 0. The van der Waals surface area contributed by atoms with Crippen LogP contribution in [0.15, 0.2) is 0 Å². The van der Waals surface area contributed by atoms with E-state index in [-0.39, 0.29) is 6.10 Å². The Hall–Kier alpha value is -0.130. The van der Waals surface area contributed by atoms with Gasteiger partial charge in [-0.15, -0.1) is 0 Å². The normalized spacial score (nSPS) is 14.6. The third-order valence-corrected chi connectivity index (χ3v) is 6.32. The average molecular weight is 379 g/mol. The van der Waals surface area contributed by atoms with Crippen molar-refractivity contribution in [1.29, 1.82) is 0 Å². The molecule has 0 radical (unpaired) electrons. The highest BCUT2D eigenvalue weighted by Gasteiger charge is 2.21. The van der Waals surface area contributed by atoms with Crippen molar-refractivity contribution in [3.05, 3.63) is 0 Å². The molecule has 0 aliphatic carbocycles. The lowest BCUT2D eigenvalue weighted by atomic mass is 10.0. The molecular weight excluding hydrogens is 336 g/mol. The van der Waals surface area contributed by atoms with Crippen LogP contribution in [0, 0.1) is 0 Å². The third kappa shape index (κ3) is 15.8. The maximum absolute atomic E-state index is 11.5. The number of hydrogen-bond acceptors (Lipinski definition) is 3. The van der Waals surface area contributed by atoms with Crippen molar-refractivity contribution in [1.82, 2.24) is 0 Å². The highest BCUT2D eigenvalue weighted by Crippen LogP contribution is 2.19. The van der Waals surface area contributed by atoms with Gasteiger partial charge in [0.1, 0.15) is 0 Å². The zero-order valence-corrected chi connectivity index (χ0v) is 17.4. The van der Waals surface area contributed by atoms with E-state index in [0.29, 0.717) is 12.8 Å². The van der Waals surface area contributed by atoms with Crippen LogP contribution in [0.25, 0.3) is 0 Å². The fourth-order valence-electron chi connectivity index (χ4n) is 3.30. The standard InChI is InChI=1S/C20H42O4S/c1-3-5-7-9-13-17-20(25(22,23)24)18-14-10-12-16-19(21)15-11-8-6-4-2/h19-21H,3-18H2,1-2H3,(H,22,23,24). The molecule has 0 rings (SSSR count). The van der Waals surface area contributed by atoms with Gasteiger partial charge in [0.15, 0.2) is 0 Å². The van der Waals surface area contributed by atoms with Crippen molar-refractivity contribution in [2.45, 2.75) is 128 Å². The maximum Gasteiger partial charge on any atom is 0.267 e. The van der Waals surface area contributed by atoms with Crippen LogP contribution >= 0.6 is 0 Å². The molecule has 152 valence electrons. The lowest BCUT2D eigenvalue weighted by Crippen LogP contribution is -2.20. The van der Waals surface area contributed by atoms with E-state index >= 15 is 0 Å². The van der Waals surface area contributed by atoms with Crippen LogP contribution in [0.5, 0.6) is 0 Å². The summed E-state index contributed by atoms with van der Waals surface area (Å²) in [5, 5.41) is 9.33. The molecule has 25 heavy (non-hydrogen) atoms. The molecule has 0 saturated heterocycles. The van der Waals surface area contributed by atoms with Crippen LogP contribution in [-0.4, -0.2) is 29.4 Å². The van der Waals surface area contributed by atoms with Gasteiger partial charge in [0.05, 0.1) is 11.4 Å². The van der Waals surface area contributed by atoms with Crippen LogP contribution in [0.2, 0.25) is 0 Å². The second-order valence-corrected chi connectivity index (χ2v) is 9.18. The zero-order chi connectivity index (χ0) is 19.0. The molecule has 0 aliphatic heterocycles. The Balaban J connectivity index is 3.80. The summed E-state index contributed by atoms with van der Waals surface area (Å²) in [4.78, 5) is 0. The molecule has 0 bridgehead atoms. The molecule has 0 aliphatic rings. The van der Waals surface area contributed by atoms with E-state index in [2.05, 4.69) is 13.8 Å².